The Bertz CT molecular complexity index is 916. The van der Waals surface area contributed by atoms with Crippen molar-refractivity contribution >= 4 is 45.6 Å². The van der Waals surface area contributed by atoms with E-state index in [0.29, 0.717) is 27.1 Å². The minimum absolute atomic E-state index is 0.152. The van der Waals surface area contributed by atoms with E-state index in [9.17, 15) is 18.0 Å². The Morgan fingerprint density at radius 1 is 1.16 bits per heavy atom. The Hall–Kier alpha value is -2.03. The van der Waals surface area contributed by atoms with Gasteiger partial charge in [-0.05, 0) is 24.3 Å². The molecule has 0 aliphatic rings. The van der Waals surface area contributed by atoms with Crippen LogP contribution >= 0.6 is 34.5 Å². The largest absolute Gasteiger partial charge is 0.434 e. The van der Waals surface area contributed by atoms with Crippen LogP contribution in [0.4, 0.5) is 18.3 Å². The number of alkyl halides is 3. The van der Waals surface area contributed by atoms with Crippen LogP contribution in [0.5, 0.6) is 0 Å². The number of thiazole rings is 1. The van der Waals surface area contributed by atoms with Crippen molar-refractivity contribution in [3.05, 3.63) is 63.3 Å². The number of aromatic nitrogens is 2. The van der Waals surface area contributed by atoms with E-state index in [-0.39, 0.29) is 10.8 Å². The maximum absolute atomic E-state index is 12.6. The van der Waals surface area contributed by atoms with Crippen LogP contribution in [0.3, 0.4) is 0 Å². The molecule has 3 aromatic rings. The molecule has 1 amide bonds. The molecule has 0 unspecified atom stereocenters. The molecule has 0 atom stereocenters. The Labute approximate surface area is 153 Å². The third kappa shape index (κ3) is 3.65. The van der Waals surface area contributed by atoms with Crippen LogP contribution in [0.2, 0.25) is 10.0 Å². The summed E-state index contributed by atoms with van der Waals surface area (Å²) >= 11 is 13.0. The Balaban J connectivity index is 1.90. The molecule has 1 aromatic carbocycles. The third-order valence-corrected chi connectivity index (χ3v) is 4.54. The topological polar surface area (TPSA) is 46.9 Å². The summed E-state index contributed by atoms with van der Waals surface area (Å²) in [6, 6.07) is 7.97. The molecule has 0 radical (unpaired) electrons. The molecule has 3 rings (SSSR count). The minimum Gasteiger partial charge on any atom is -0.310 e. The second-order valence-corrected chi connectivity index (χ2v) is 6.50. The number of carbonyl (C=O) groups excluding carboxylic acids is 1. The lowest BCUT2D eigenvalue weighted by atomic mass is 10.3. The molecule has 25 heavy (non-hydrogen) atoms. The molecule has 1 N–H and O–H groups in total. The van der Waals surface area contributed by atoms with Crippen molar-refractivity contribution in [1.29, 1.82) is 0 Å². The van der Waals surface area contributed by atoms with Gasteiger partial charge in [-0.1, -0.05) is 29.3 Å². The van der Waals surface area contributed by atoms with E-state index in [1.165, 1.54) is 10.6 Å². The van der Waals surface area contributed by atoms with Gasteiger partial charge in [0.2, 0.25) is 0 Å². The lowest BCUT2D eigenvalue weighted by Crippen LogP contribution is -2.16. The molecule has 130 valence electrons. The van der Waals surface area contributed by atoms with Gasteiger partial charge in [0.05, 0.1) is 15.7 Å². The molecule has 0 aliphatic heterocycles. The van der Waals surface area contributed by atoms with Crippen molar-refractivity contribution in [2.24, 2.45) is 0 Å². The van der Waals surface area contributed by atoms with Crippen LogP contribution in [0.1, 0.15) is 16.2 Å². The number of halogens is 5. The molecular formula is C15H8Cl2F3N3OS. The Kier molecular flexibility index (Phi) is 4.77. The molecule has 10 heteroatoms. The maximum Gasteiger partial charge on any atom is 0.434 e. The fourth-order valence-corrected chi connectivity index (χ4v) is 3.39. The lowest BCUT2D eigenvalue weighted by Gasteiger charge is -2.12. The molecule has 2 aromatic heterocycles. The average Bonchev–Trinajstić information content (AvgIpc) is 3.15. The minimum atomic E-state index is -4.56. The first kappa shape index (κ1) is 17.8. The Morgan fingerprint density at radius 3 is 2.44 bits per heavy atom. The number of amides is 1. The smallest absolute Gasteiger partial charge is 0.310 e. The van der Waals surface area contributed by atoms with Gasteiger partial charge in [-0.25, -0.2) is 4.98 Å². The van der Waals surface area contributed by atoms with Crippen LogP contribution in [-0.2, 0) is 6.18 Å². The van der Waals surface area contributed by atoms with Crippen molar-refractivity contribution in [3.63, 3.8) is 0 Å². The molecule has 0 fully saturated rings. The van der Waals surface area contributed by atoms with Crippen LogP contribution in [-0.4, -0.2) is 15.5 Å². The van der Waals surface area contributed by atoms with Crippen molar-refractivity contribution in [3.8, 4) is 5.69 Å². The summed E-state index contributed by atoms with van der Waals surface area (Å²) in [5, 5.41) is 3.67. The number of nitrogens with zero attached hydrogens (tertiary/aromatic N) is 2. The van der Waals surface area contributed by atoms with Crippen LogP contribution in [0, 0.1) is 0 Å². The predicted octanol–water partition coefficient (Wildman–Crippen LogP) is 5.51. The van der Waals surface area contributed by atoms with E-state index in [0.717, 1.165) is 5.38 Å². The SMILES string of the molecule is O=C(Nc1nc(C(F)(F)F)cs1)c1cccn1-c1c(Cl)cccc1Cl. The van der Waals surface area contributed by atoms with E-state index in [1.54, 1.807) is 30.5 Å². The van der Waals surface area contributed by atoms with Gasteiger partial charge in [0.15, 0.2) is 10.8 Å². The summed E-state index contributed by atoms with van der Waals surface area (Å²) in [7, 11) is 0. The van der Waals surface area contributed by atoms with E-state index < -0.39 is 17.8 Å². The lowest BCUT2D eigenvalue weighted by molar-refractivity contribution is -0.140. The fourth-order valence-electron chi connectivity index (χ4n) is 2.10. The second kappa shape index (κ2) is 6.70. The highest BCUT2D eigenvalue weighted by atomic mass is 35.5. The van der Waals surface area contributed by atoms with Gasteiger partial charge in [-0.3, -0.25) is 10.1 Å². The van der Waals surface area contributed by atoms with Gasteiger partial charge in [0.1, 0.15) is 5.69 Å². The quantitative estimate of drug-likeness (QED) is 0.624. The molecule has 4 nitrogen and oxygen atoms in total. The summed E-state index contributed by atoms with van der Waals surface area (Å²) in [5.74, 6) is -0.635. The first-order chi connectivity index (χ1) is 11.8. The molecular weight excluding hydrogens is 398 g/mol. The zero-order valence-electron chi connectivity index (χ0n) is 12.1. The summed E-state index contributed by atoms with van der Waals surface area (Å²) in [4.78, 5) is 15.8. The maximum atomic E-state index is 12.6. The van der Waals surface area contributed by atoms with Crippen molar-refractivity contribution in [2.45, 2.75) is 6.18 Å². The van der Waals surface area contributed by atoms with E-state index in [1.807, 2.05) is 0 Å². The van der Waals surface area contributed by atoms with Gasteiger partial charge in [0, 0.05) is 11.6 Å². The van der Waals surface area contributed by atoms with Gasteiger partial charge >= 0.3 is 6.18 Å². The molecule has 0 spiro atoms. The number of hydrogen-bond donors (Lipinski definition) is 1. The summed E-state index contributed by atoms with van der Waals surface area (Å²) in [5.41, 5.74) is -0.507. The monoisotopic (exact) mass is 405 g/mol. The van der Waals surface area contributed by atoms with Gasteiger partial charge in [-0.2, -0.15) is 13.2 Å². The molecule has 0 saturated carbocycles. The van der Waals surface area contributed by atoms with Gasteiger partial charge in [-0.15, -0.1) is 11.3 Å². The zero-order valence-corrected chi connectivity index (χ0v) is 14.5. The normalized spacial score (nSPS) is 11.6. The molecule has 0 saturated heterocycles. The second-order valence-electron chi connectivity index (χ2n) is 4.82. The van der Waals surface area contributed by atoms with Crippen molar-refractivity contribution in [1.82, 2.24) is 9.55 Å². The first-order valence-corrected chi connectivity index (χ1v) is 8.37. The van der Waals surface area contributed by atoms with Crippen LogP contribution < -0.4 is 5.32 Å². The number of rotatable bonds is 3. The number of para-hydroxylation sites is 1. The number of anilines is 1. The van der Waals surface area contributed by atoms with Crippen LogP contribution in [0.15, 0.2) is 41.9 Å². The first-order valence-electron chi connectivity index (χ1n) is 6.73. The van der Waals surface area contributed by atoms with Crippen molar-refractivity contribution < 1.29 is 18.0 Å². The zero-order chi connectivity index (χ0) is 18.2. The number of carbonyl (C=O) groups is 1. The number of hydrogen-bond acceptors (Lipinski definition) is 3. The predicted molar refractivity (Wildman–Crippen MR) is 90.9 cm³/mol. The summed E-state index contributed by atoms with van der Waals surface area (Å²) in [6.45, 7) is 0. The van der Waals surface area contributed by atoms with Gasteiger partial charge in [0.25, 0.3) is 5.91 Å². The van der Waals surface area contributed by atoms with E-state index in [2.05, 4.69) is 10.3 Å². The standard InChI is InChI=1S/C15H8Cl2F3N3OS/c16-8-3-1-4-9(17)12(8)23-6-2-5-10(23)13(24)22-14-21-11(7-25-14)15(18,19)20/h1-7H,(H,21,22,24). The number of benzene rings is 1. The van der Waals surface area contributed by atoms with E-state index >= 15 is 0 Å². The highest BCUT2D eigenvalue weighted by molar-refractivity contribution is 7.14. The molecule has 2 heterocycles. The van der Waals surface area contributed by atoms with Gasteiger partial charge < -0.3 is 4.57 Å². The van der Waals surface area contributed by atoms with E-state index in [4.69, 9.17) is 23.2 Å². The highest BCUT2D eigenvalue weighted by Crippen LogP contribution is 2.32. The summed E-state index contributed by atoms with van der Waals surface area (Å²) in [6.07, 6.45) is -2.99. The molecule has 0 bridgehead atoms. The highest BCUT2D eigenvalue weighted by Gasteiger charge is 2.34. The summed E-state index contributed by atoms with van der Waals surface area (Å²) < 4.78 is 39.2. The number of nitrogens with one attached hydrogen (secondary N) is 1. The average molecular weight is 406 g/mol. The molecule has 0 aliphatic carbocycles. The third-order valence-electron chi connectivity index (χ3n) is 3.17. The Morgan fingerprint density at radius 2 is 1.84 bits per heavy atom. The van der Waals surface area contributed by atoms with Crippen molar-refractivity contribution in [2.75, 3.05) is 5.32 Å². The van der Waals surface area contributed by atoms with Crippen LogP contribution in [0.25, 0.3) is 5.69 Å². The fraction of sp³-hybridized carbons (Fsp3) is 0.0667.